The van der Waals surface area contributed by atoms with Crippen molar-refractivity contribution in [2.75, 3.05) is 38.2 Å². The van der Waals surface area contributed by atoms with Crippen LogP contribution in [0.15, 0.2) is 43.1 Å². The second-order valence-corrected chi connectivity index (χ2v) is 11.8. The van der Waals surface area contributed by atoms with Crippen molar-refractivity contribution < 1.29 is 27.4 Å². The predicted molar refractivity (Wildman–Crippen MR) is 161 cm³/mol. The molecule has 0 radical (unpaired) electrons. The zero-order valence-electron chi connectivity index (χ0n) is 25.1. The Morgan fingerprint density at radius 2 is 1.83 bits per heavy atom. The van der Waals surface area contributed by atoms with Crippen molar-refractivity contribution in [3.8, 4) is 22.8 Å². The summed E-state index contributed by atoms with van der Waals surface area (Å²) >= 11 is 6.38. The third kappa shape index (κ3) is 8.22. The zero-order chi connectivity index (χ0) is 32.1. The van der Waals surface area contributed by atoms with E-state index in [0.717, 1.165) is 57.6 Å². The maximum Gasteiger partial charge on any atom is 0.422 e. The number of nitrogens with zero attached hydrogens (tertiary/aromatic N) is 9. The molecule has 17 heteroatoms. The highest BCUT2D eigenvalue weighted by Gasteiger charge is 2.31. The van der Waals surface area contributed by atoms with Gasteiger partial charge in [-0.2, -0.15) is 13.2 Å². The molecule has 1 unspecified atom stereocenters. The normalized spacial score (nSPS) is 17.6. The van der Waals surface area contributed by atoms with Gasteiger partial charge in [0.05, 0.1) is 23.8 Å². The number of halogens is 4. The summed E-state index contributed by atoms with van der Waals surface area (Å²) < 4.78 is 59.0. The van der Waals surface area contributed by atoms with Crippen LogP contribution in [-0.4, -0.2) is 96.1 Å². The van der Waals surface area contributed by atoms with E-state index in [0.29, 0.717) is 28.9 Å². The van der Waals surface area contributed by atoms with Crippen LogP contribution in [0.3, 0.4) is 0 Å². The maximum atomic E-state index is 13.0. The molecule has 0 spiro atoms. The van der Waals surface area contributed by atoms with Gasteiger partial charge in [-0.15, -0.1) is 10.2 Å². The van der Waals surface area contributed by atoms with Crippen molar-refractivity contribution in [1.82, 2.24) is 44.9 Å². The lowest BCUT2D eigenvalue weighted by Crippen LogP contribution is -2.44. The van der Waals surface area contributed by atoms with Gasteiger partial charge in [-0.05, 0) is 60.7 Å². The number of likely N-dealkylation sites (tertiary alicyclic amines) is 1. The van der Waals surface area contributed by atoms with Gasteiger partial charge in [0.15, 0.2) is 6.61 Å². The number of anilines is 2. The average Bonchev–Trinajstić information content (AvgIpc) is 3.72. The molecule has 246 valence electrons. The Kier molecular flexibility index (Phi) is 9.84. The van der Waals surface area contributed by atoms with Crippen molar-refractivity contribution in [3.63, 3.8) is 0 Å². The summed E-state index contributed by atoms with van der Waals surface area (Å²) in [5.74, 6) is 0.488. The Morgan fingerprint density at radius 1 is 1.07 bits per heavy atom. The van der Waals surface area contributed by atoms with E-state index < -0.39 is 12.8 Å². The standard InChI is InChI=1S/C29H34ClF3N10O3/c1-19(15-42-18-36-39-40-42)46-26-12-20(2-3-24(26)30)21-13-34-28(35-14-21)37-25-16-43(38-27(25)45-17-29(31,32)33)23-4-8-41(9-5-23)22-6-10-44-11-7-22/h2-3,12-14,16,18-19,22-23H,4-11,15,17H2,1H3,(H,34,35,37). The SMILES string of the molecule is CC(Cn1cnnn1)Oc1cc(-c2cnc(Nc3cn(C4CCN(C5CCOCC5)CC4)nc3OCC(F)(F)F)nc2)ccc1Cl. The van der Waals surface area contributed by atoms with Gasteiger partial charge in [-0.25, -0.2) is 14.6 Å². The molecule has 4 aromatic rings. The lowest BCUT2D eigenvalue weighted by Gasteiger charge is -2.39. The number of hydrogen-bond acceptors (Lipinski definition) is 11. The van der Waals surface area contributed by atoms with Gasteiger partial charge in [0.1, 0.15) is 23.9 Å². The van der Waals surface area contributed by atoms with Crippen molar-refractivity contribution in [2.24, 2.45) is 0 Å². The Labute approximate surface area is 268 Å². The molecule has 1 N–H and O–H groups in total. The highest BCUT2D eigenvalue weighted by Crippen LogP contribution is 2.34. The first kappa shape index (κ1) is 31.9. The lowest BCUT2D eigenvalue weighted by molar-refractivity contribution is -0.154. The second kappa shape index (κ2) is 14.2. The highest BCUT2D eigenvalue weighted by molar-refractivity contribution is 6.32. The molecule has 2 saturated heterocycles. The molecular weight excluding hydrogens is 629 g/mol. The van der Waals surface area contributed by atoms with E-state index in [9.17, 15) is 13.2 Å². The van der Waals surface area contributed by atoms with Gasteiger partial charge in [-0.3, -0.25) is 4.68 Å². The minimum atomic E-state index is -4.51. The minimum Gasteiger partial charge on any atom is -0.487 e. The third-order valence-corrected chi connectivity index (χ3v) is 8.29. The summed E-state index contributed by atoms with van der Waals surface area (Å²) in [5, 5.41) is 18.9. The van der Waals surface area contributed by atoms with Crippen LogP contribution in [-0.2, 0) is 11.3 Å². The first-order chi connectivity index (χ1) is 22.2. The van der Waals surface area contributed by atoms with E-state index in [4.69, 9.17) is 25.8 Å². The molecule has 1 atom stereocenters. The molecule has 13 nitrogen and oxygen atoms in total. The fourth-order valence-electron chi connectivity index (χ4n) is 5.69. The smallest absolute Gasteiger partial charge is 0.422 e. The van der Waals surface area contributed by atoms with Crippen LogP contribution in [0.4, 0.5) is 24.8 Å². The van der Waals surface area contributed by atoms with Crippen LogP contribution in [0.5, 0.6) is 11.6 Å². The van der Waals surface area contributed by atoms with E-state index in [-0.39, 0.29) is 29.7 Å². The number of aromatic nitrogens is 8. The fourth-order valence-corrected chi connectivity index (χ4v) is 5.85. The number of rotatable bonds is 11. The molecule has 0 saturated carbocycles. The van der Waals surface area contributed by atoms with Crippen LogP contribution in [0.2, 0.25) is 5.02 Å². The molecule has 0 bridgehead atoms. The molecular formula is C29H34ClF3N10O3. The Morgan fingerprint density at radius 3 is 2.52 bits per heavy atom. The van der Waals surface area contributed by atoms with Gasteiger partial charge >= 0.3 is 6.18 Å². The van der Waals surface area contributed by atoms with E-state index in [1.54, 1.807) is 40.1 Å². The summed E-state index contributed by atoms with van der Waals surface area (Å²) in [6.45, 7) is 4.17. The zero-order valence-corrected chi connectivity index (χ0v) is 25.9. The number of benzene rings is 1. The van der Waals surface area contributed by atoms with Crippen LogP contribution in [0.25, 0.3) is 11.1 Å². The lowest BCUT2D eigenvalue weighted by atomic mass is 10.00. The molecule has 0 amide bonds. The Balaban J connectivity index is 1.13. The average molecular weight is 663 g/mol. The molecule has 2 aliphatic heterocycles. The largest absolute Gasteiger partial charge is 0.487 e. The summed E-state index contributed by atoms with van der Waals surface area (Å²) in [4.78, 5) is 11.3. The summed E-state index contributed by atoms with van der Waals surface area (Å²) in [6.07, 6.45) is 5.26. The number of ether oxygens (including phenoxy) is 3. The highest BCUT2D eigenvalue weighted by atomic mass is 35.5. The summed E-state index contributed by atoms with van der Waals surface area (Å²) in [5.41, 5.74) is 1.69. The molecule has 3 aromatic heterocycles. The molecule has 0 aliphatic carbocycles. The third-order valence-electron chi connectivity index (χ3n) is 7.98. The fraction of sp³-hybridized carbons (Fsp3) is 0.517. The topological polar surface area (TPSA) is 130 Å². The number of alkyl halides is 3. The molecule has 46 heavy (non-hydrogen) atoms. The second-order valence-electron chi connectivity index (χ2n) is 11.4. The molecule has 1 aromatic carbocycles. The number of piperidine rings is 1. The predicted octanol–water partition coefficient (Wildman–Crippen LogP) is 4.95. The van der Waals surface area contributed by atoms with Gasteiger partial charge in [0.2, 0.25) is 5.95 Å². The first-order valence-electron chi connectivity index (χ1n) is 15.1. The van der Waals surface area contributed by atoms with Crippen molar-refractivity contribution >= 4 is 23.2 Å². The van der Waals surface area contributed by atoms with Gasteiger partial charge in [0.25, 0.3) is 5.88 Å². The van der Waals surface area contributed by atoms with E-state index >= 15 is 0 Å². The number of nitrogens with one attached hydrogen (secondary N) is 1. The van der Waals surface area contributed by atoms with E-state index in [1.807, 2.05) is 13.0 Å². The molecule has 2 aliphatic rings. The molecule has 2 fully saturated rings. The van der Waals surface area contributed by atoms with Crippen LogP contribution in [0, 0.1) is 0 Å². The van der Waals surface area contributed by atoms with Crippen molar-refractivity contribution in [3.05, 3.63) is 48.1 Å². The van der Waals surface area contributed by atoms with E-state index in [1.165, 1.54) is 6.33 Å². The van der Waals surface area contributed by atoms with Gasteiger partial charge < -0.3 is 24.4 Å². The Bertz CT molecular complexity index is 1560. The van der Waals surface area contributed by atoms with Gasteiger partial charge in [-0.1, -0.05) is 17.7 Å². The van der Waals surface area contributed by atoms with Crippen LogP contribution in [0.1, 0.15) is 38.6 Å². The Hall–Kier alpha value is -4.02. The minimum absolute atomic E-state index is 0.0279. The number of tetrazole rings is 1. The summed E-state index contributed by atoms with van der Waals surface area (Å²) in [6, 6.07) is 5.85. The van der Waals surface area contributed by atoms with Crippen LogP contribution < -0.4 is 14.8 Å². The van der Waals surface area contributed by atoms with E-state index in [2.05, 4.69) is 40.8 Å². The maximum absolute atomic E-state index is 13.0. The molecule has 5 heterocycles. The molecule has 6 rings (SSSR count). The van der Waals surface area contributed by atoms with Crippen molar-refractivity contribution in [2.45, 2.75) is 63.5 Å². The first-order valence-corrected chi connectivity index (χ1v) is 15.4. The monoisotopic (exact) mass is 662 g/mol. The van der Waals surface area contributed by atoms with Crippen LogP contribution >= 0.6 is 11.6 Å². The summed E-state index contributed by atoms with van der Waals surface area (Å²) in [7, 11) is 0. The van der Waals surface area contributed by atoms with Crippen molar-refractivity contribution in [1.29, 1.82) is 0 Å². The quantitative estimate of drug-likeness (QED) is 0.234. The number of hydrogen-bond donors (Lipinski definition) is 1. The van der Waals surface area contributed by atoms with Gasteiger partial charge in [0, 0.05) is 50.3 Å².